The van der Waals surface area contributed by atoms with Gasteiger partial charge in [-0.3, -0.25) is 4.79 Å². The molecule has 0 aromatic heterocycles. The first-order chi connectivity index (χ1) is 12.6. The predicted molar refractivity (Wildman–Crippen MR) is 99.0 cm³/mol. The van der Waals surface area contributed by atoms with Crippen LogP contribution in [0.1, 0.15) is 18.1 Å². The maximum absolute atomic E-state index is 11.6. The molecule has 6 heteroatoms. The van der Waals surface area contributed by atoms with Gasteiger partial charge in [0, 0.05) is 30.4 Å². The van der Waals surface area contributed by atoms with Crippen molar-refractivity contribution in [1.82, 2.24) is 0 Å². The maximum Gasteiger partial charge on any atom is 0.262 e. The van der Waals surface area contributed by atoms with E-state index in [0.717, 1.165) is 28.9 Å². The fourth-order valence-electron chi connectivity index (χ4n) is 3.43. The van der Waals surface area contributed by atoms with Gasteiger partial charge in [-0.15, -0.1) is 0 Å². The predicted octanol–water partition coefficient (Wildman–Crippen LogP) is 3.00. The van der Waals surface area contributed by atoms with Crippen molar-refractivity contribution in [3.63, 3.8) is 0 Å². The summed E-state index contributed by atoms with van der Waals surface area (Å²) in [6.45, 7) is 3.33. The average Bonchev–Trinajstić information content (AvgIpc) is 2.65. The third-order valence-electron chi connectivity index (χ3n) is 4.70. The number of amides is 1. The molecule has 26 heavy (non-hydrogen) atoms. The van der Waals surface area contributed by atoms with Crippen molar-refractivity contribution in [2.24, 2.45) is 0 Å². The first kappa shape index (κ1) is 16.0. The molecule has 0 unspecified atom stereocenters. The van der Waals surface area contributed by atoms with Crippen LogP contribution in [0.4, 0.5) is 11.4 Å². The minimum atomic E-state index is -0.191. The number of aromatic hydroxyl groups is 1. The molecule has 1 amide bonds. The lowest BCUT2D eigenvalue weighted by atomic mass is 9.89. The van der Waals surface area contributed by atoms with Crippen molar-refractivity contribution < 1.29 is 14.6 Å². The number of allylic oxidation sites excluding steroid dienone is 1. The van der Waals surface area contributed by atoms with Gasteiger partial charge in [0.1, 0.15) is 17.6 Å². The molecule has 6 nitrogen and oxygen atoms in total. The number of likely N-dealkylation sites (N-methyl/N-ethyl adjacent to an activating group) is 1. The number of phenolic OH excluding ortho intramolecular Hbond substituents is 1. The molecular formula is C20H17N3O3. The SMILES string of the molecule is CCN1CC(c2ccc3c(c2)NC(=O)CO3)=C(C#N)c2ccc(O)cc21. The third kappa shape index (κ3) is 2.54. The number of nitrogens with one attached hydrogen (secondary N) is 1. The molecule has 0 bridgehead atoms. The van der Waals surface area contributed by atoms with Crippen molar-refractivity contribution in [1.29, 1.82) is 5.26 Å². The summed E-state index contributed by atoms with van der Waals surface area (Å²) < 4.78 is 5.41. The Bertz CT molecular complexity index is 988. The Morgan fingerprint density at radius 2 is 2.15 bits per heavy atom. The van der Waals surface area contributed by atoms with Crippen LogP contribution in [0.5, 0.6) is 11.5 Å². The number of carbonyl (C=O) groups is 1. The molecule has 0 saturated carbocycles. The van der Waals surface area contributed by atoms with Gasteiger partial charge >= 0.3 is 0 Å². The minimum Gasteiger partial charge on any atom is -0.508 e. The smallest absolute Gasteiger partial charge is 0.262 e. The van der Waals surface area contributed by atoms with Crippen LogP contribution in [0.25, 0.3) is 11.1 Å². The lowest BCUT2D eigenvalue weighted by Gasteiger charge is -2.32. The lowest BCUT2D eigenvalue weighted by molar-refractivity contribution is -0.118. The molecule has 0 fully saturated rings. The molecule has 0 atom stereocenters. The Morgan fingerprint density at radius 1 is 1.31 bits per heavy atom. The summed E-state index contributed by atoms with van der Waals surface area (Å²) in [6, 6.07) is 12.9. The Labute approximate surface area is 150 Å². The van der Waals surface area contributed by atoms with Gasteiger partial charge < -0.3 is 20.1 Å². The quantitative estimate of drug-likeness (QED) is 0.872. The Kier molecular flexibility index (Phi) is 3.77. The largest absolute Gasteiger partial charge is 0.508 e. The Morgan fingerprint density at radius 3 is 2.92 bits per heavy atom. The monoisotopic (exact) mass is 347 g/mol. The topological polar surface area (TPSA) is 85.6 Å². The first-order valence-electron chi connectivity index (χ1n) is 8.39. The summed E-state index contributed by atoms with van der Waals surface area (Å²) in [4.78, 5) is 13.7. The number of carbonyl (C=O) groups excluding carboxylic acids is 1. The van der Waals surface area contributed by atoms with Crippen LogP contribution in [0.2, 0.25) is 0 Å². The van der Waals surface area contributed by atoms with Gasteiger partial charge in [0.2, 0.25) is 0 Å². The van der Waals surface area contributed by atoms with Gasteiger partial charge in [-0.05, 0) is 42.3 Å². The fraction of sp³-hybridized carbons (Fsp3) is 0.200. The van der Waals surface area contributed by atoms with Crippen LogP contribution in [0, 0.1) is 11.3 Å². The van der Waals surface area contributed by atoms with E-state index >= 15 is 0 Å². The van der Waals surface area contributed by atoms with Crippen LogP contribution in [-0.4, -0.2) is 30.7 Å². The highest BCUT2D eigenvalue weighted by Crippen LogP contribution is 2.41. The summed E-state index contributed by atoms with van der Waals surface area (Å²) in [5.41, 5.74) is 4.59. The third-order valence-corrected chi connectivity index (χ3v) is 4.70. The molecule has 2 heterocycles. The summed E-state index contributed by atoms with van der Waals surface area (Å²) in [6.07, 6.45) is 0. The maximum atomic E-state index is 11.6. The molecule has 0 spiro atoms. The molecule has 2 aliphatic rings. The van der Waals surface area contributed by atoms with E-state index < -0.39 is 0 Å². The second kappa shape index (κ2) is 6.12. The van der Waals surface area contributed by atoms with Gasteiger partial charge in [0.05, 0.1) is 11.3 Å². The van der Waals surface area contributed by atoms with Crippen molar-refractivity contribution in [2.45, 2.75) is 6.92 Å². The molecule has 4 rings (SSSR count). The number of phenols is 1. The number of nitriles is 1. The van der Waals surface area contributed by atoms with Crippen LogP contribution < -0.4 is 15.0 Å². The van der Waals surface area contributed by atoms with Crippen molar-refractivity contribution in [2.75, 3.05) is 29.9 Å². The minimum absolute atomic E-state index is 0.0129. The number of nitrogens with zero attached hydrogens (tertiary/aromatic N) is 2. The van der Waals surface area contributed by atoms with Crippen molar-refractivity contribution in [3.8, 4) is 17.6 Å². The molecule has 2 aromatic rings. The van der Waals surface area contributed by atoms with E-state index in [1.54, 1.807) is 18.2 Å². The summed E-state index contributed by atoms with van der Waals surface area (Å²) in [7, 11) is 0. The highest BCUT2D eigenvalue weighted by molar-refractivity contribution is 6.05. The van der Waals surface area contributed by atoms with Crippen molar-refractivity contribution in [3.05, 3.63) is 47.5 Å². The molecule has 130 valence electrons. The van der Waals surface area contributed by atoms with E-state index in [4.69, 9.17) is 4.74 Å². The molecule has 0 aliphatic carbocycles. The zero-order valence-electron chi connectivity index (χ0n) is 14.2. The summed E-state index contributed by atoms with van der Waals surface area (Å²) in [5.74, 6) is 0.612. The Balaban J connectivity index is 1.87. The zero-order chi connectivity index (χ0) is 18.3. The van der Waals surface area contributed by atoms with E-state index in [1.165, 1.54) is 0 Å². The van der Waals surface area contributed by atoms with E-state index in [-0.39, 0.29) is 18.3 Å². The normalized spacial score (nSPS) is 15.5. The molecule has 0 saturated heterocycles. The van der Waals surface area contributed by atoms with Crippen LogP contribution in [-0.2, 0) is 4.79 Å². The Hall–Kier alpha value is -3.46. The highest BCUT2D eigenvalue weighted by Gasteiger charge is 2.26. The van der Waals surface area contributed by atoms with E-state index in [1.807, 2.05) is 25.1 Å². The average molecular weight is 347 g/mol. The van der Waals surface area contributed by atoms with Gasteiger partial charge in [0.25, 0.3) is 5.91 Å². The van der Waals surface area contributed by atoms with Gasteiger partial charge in [0.15, 0.2) is 6.61 Å². The fourth-order valence-corrected chi connectivity index (χ4v) is 3.43. The standard InChI is InChI=1S/C20H17N3O3/c1-2-23-10-16(15(9-21)14-5-4-13(24)8-18(14)23)12-3-6-19-17(7-12)22-20(25)11-26-19/h3-8,24H,2,10-11H2,1H3,(H,22,25). The van der Waals surface area contributed by atoms with Gasteiger partial charge in [-0.2, -0.15) is 5.26 Å². The summed E-state index contributed by atoms with van der Waals surface area (Å²) in [5, 5.41) is 22.4. The number of ether oxygens (including phenoxy) is 1. The number of hydrogen-bond donors (Lipinski definition) is 2. The number of benzene rings is 2. The van der Waals surface area contributed by atoms with Gasteiger partial charge in [-0.25, -0.2) is 0 Å². The zero-order valence-corrected chi connectivity index (χ0v) is 14.2. The summed E-state index contributed by atoms with van der Waals surface area (Å²) >= 11 is 0. The highest BCUT2D eigenvalue weighted by atomic mass is 16.5. The van der Waals surface area contributed by atoms with E-state index in [0.29, 0.717) is 23.6 Å². The van der Waals surface area contributed by atoms with E-state index in [9.17, 15) is 15.2 Å². The number of hydrogen-bond acceptors (Lipinski definition) is 5. The van der Waals surface area contributed by atoms with Crippen LogP contribution in [0.3, 0.4) is 0 Å². The molecule has 2 aliphatic heterocycles. The number of fused-ring (bicyclic) bond motifs is 2. The van der Waals surface area contributed by atoms with Crippen molar-refractivity contribution >= 4 is 28.4 Å². The number of rotatable bonds is 2. The molecular weight excluding hydrogens is 330 g/mol. The lowest BCUT2D eigenvalue weighted by Crippen LogP contribution is -2.29. The number of anilines is 2. The molecule has 0 radical (unpaired) electrons. The second-order valence-electron chi connectivity index (χ2n) is 6.23. The molecule has 2 aromatic carbocycles. The molecule has 2 N–H and O–H groups in total. The van der Waals surface area contributed by atoms with Crippen LogP contribution >= 0.6 is 0 Å². The second-order valence-corrected chi connectivity index (χ2v) is 6.23. The van der Waals surface area contributed by atoms with E-state index in [2.05, 4.69) is 16.3 Å². The van der Waals surface area contributed by atoms with Crippen LogP contribution in [0.15, 0.2) is 36.4 Å². The first-order valence-corrected chi connectivity index (χ1v) is 8.39. The van der Waals surface area contributed by atoms with Gasteiger partial charge in [-0.1, -0.05) is 6.07 Å².